The number of nitrogens with one attached hydrogen (secondary N) is 2. The Morgan fingerprint density at radius 1 is 0.811 bits per heavy atom. The van der Waals surface area contributed by atoms with Crippen LogP contribution in [0.5, 0.6) is 0 Å². The standard InChI is InChI=1S/C21H18F2N2O2.C20H16ClN3O2/c1-3-27-21(26)15-11-13(2)7-9-18(15)25-14-8-10-19(24-12-14)20-16(22)5-4-6-17(20)23;21-17-4-2-1-3-15(17)19-22-10-14(11-23-19)24-18-8-7-13(12-5-6-12)9-16(18)20(25)26/h4-12,25H,3H2,1-2H3;1-4,7-12,24H,5-6H2,(H,25,26). The van der Waals surface area contributed by atoms with Gasteiger partial charge in [-0.2, -0.15) is 0 Å². The number of hydrogen-bond donors (Lipinski definition) is 3. The maximum Gasteiger partial charge on any atom is 0.340 e. The third-order valence-corrected chi connectivity index (χ3v) is 8.63. The summed E-state index contributed by atoms with van der Waals surface area (Å²) in [6, 6.07) is 25.1. The van der Waals surface area contributed by atoms with Crippen LogP contribution in [0, 0.1) is 18.6 Å². The Balaban J connectivity index is 0.000000181. The second-order valence-corrected chi connectivity index (χ2v) is 12.6. The van der Waals surface area contributed by atoms with Crippen LogP contribution in [0.15, 0.2) is 110 Å². The average molecular weight is 734 g/mol. The van der Waals surface area contributed by atoms with Gasteiger partial charge in [0.05, 0.1) is 75.4 Å². The zero-order valence-electron chi connectivity index (χ0n) is 28.7. The molecule has 6 aromatic rings. The van der Waals surface area contributed by atoms with E-state index in [1.165, 1.54) is 30.5 Å². The summed E-state index contributed by atoms with van der Waals surface area (Å²) in [5, 5.41) is 16.3. The van der Waals surface area contributed by atoms with E-state index in [0.717, 1.165) is 29.5 Å². The molecule has 268 valence electrons. The lowest BCUT2D eigenvalue weighted by Gasteiger charge is -2.12. The lowest BCUT2D eigenvalue weighted by atomic mass is 10.0. The summed E-state index contributed by atoms with van der Waals surface area (Å²) in [4.78, 5) is 36.6. The predicted molar refractivity (Wildman–Crippen MR) is 201 cm³/mol. The Kier molecular flexibility index (Phi) is 11.3. The number of pyridine rings is 1. The Morgan fingerprint density at radius 2 is 1.47 bits per heavy atom. The fraction of sp³-hybridized carbons (Fsp3) is 0.146. The zero-order chi connectivity index (χ0) is 37.5. The molecule has 1 aliphatic rings. The highest BCUT2D eigenvalue weighted by atomic mass is 35.5. The van der Waals surface area contributed by atoms with Crippen LogP contribution in [0.4, 0.5) is 31.5 Å². The van der Waals surface area contributed by atoms with Crippen molar-refractivity contribution in [2.75, 3.05) is 17.2 Å². The molecule has 12 heteroatoms. The number of aromatic nitrogens is 3. The molecule has 0 aliphatic heterocycles. The third-order valence-electron chi connectivity index (χ3n) is 8.30. The molecule has 0 amide bonds. The lowest BCUT2D eigenvalue weighted by Crippen LogP contribution is -2.08. The summed E-state index contributed by atoms with van der Waals surface area (Å²) in [5.74, 6) is -1.72. The molecule has 1 aliphatic carbocycles. The van der Waals surface area contributed by atoms with Gasteiger partial charge in [0.15, 0.2) is 5.82 Å². The first-order chi connectivity index (χ1) is 25.6. The van der Waals surface area contributed by atoms with E-state index in [0.29, 0.717) is 45.1 Å². The largest absolute Gasteiger partial charge is 0.478 e. The molecule has 0 unspecified atom stereocenters. The number of carboxylic acid groups (broad SMARTS) is 1. The van der Waals surface area contributed by atoms with Crippen molar-refractivity contribution < 1.29 is 28.2 Å². The highest BCUT2D eigenvalue weighted by molar-refractivity contribution is 6.33. The summed E-state index contributed by atoms with van der Waals surface area (Å²) in [6.45, 7) is 3.90. The number of esters is 1. The Labute approximate surface area is 309 Å². The Morgan fingerprint density at radius 3 is 2.11 bits per heavy atom. The topological polar surface area (TPSA) is 126 Å². The number of nitrogens with zero attached hydrogens (tertiary/aromatic N) is 3. The maximum atomic E-state index is 13.9. The van der Waals surface area contributed by atoms with Crippen LogP contribution in [0.3, 0.4) is 0 Å². The minimum Gasteiger partial charge on any atom is -0.478 e. The summed E-state index contributed by atoms with van der Waals surface area (Å²) >= 11 is 6.17. The van der Waals surface area contributed by atoms with Gasteiger partial charge in [0.25, 0.3) is 0 Å². The molecule has 0 atom stereocenters. The number of aryl methyl sites for hydroxylation is 1. The van der Waals surface area contributed by atoms with Gasteiger partial charge in [0.2, 0.25) is 0 Å². The molecule has 0 bridgehead atoms. The molecule has 9 nitrogen and oxygen atoms in total. The number of ether oxygens (including phenoxy) is 1. The fourth-order valence-electron chi connectivity index (χ4n) is 5.51. The Hall–Kier alpha value is -6.20. The number of carbonyl (C=O) groups excluding carboxylic acids is 1. The summed E-state index contributed by atoms with van der Waals surface area (Å²) in [5.41, 5.74) is 5.70. The predicted octanol–water partition coefficient (Wildman–Crippen LogP) is 10.4. The van der Waals surface area contributed by atoms with E-state index in [4.69, 9.17) is 16.3 Å². The highest BCUT2D eigenvalue weighted by Gasteiger charge is 2.25. The first-order valence-electron chi connectivity index (χ1n) is 16.8. The van der Waals surface area contributed by atoms with E-state index in [9.17, 15) is 23.5 Å². The molecule has 0 radical (unpaired) electrons. The van der Waals surface area contributed by atoms with Gasteiger partial charge in [-0.05, 0) is 98.8 Å². The number of anilines is 4. The van der Waals surface area contributed by atoms with Gasteiger partial charge in [-0.1, -0.05) is 47.5 Å². The van der Waals surface area contributed by atoms with Gasteiger partial charge >= 0.3 is 11.9 Å². The van der Waals surface area contributed by atoms with Gasteiger partial charge in [-0.25, -0.2) is 28.3 Å². The number of hydrogen-bond acceptors (Lipinski definition) is 8. The molecular weight excluding hydrogens is 700 g/mol. The molecule has 4 aromatic carbocycles. The van der Waals surface area contributed by atoms with Crippen molar-refractivity contribution in [3.05, 3.63) is 148 Å². The smallest absolute Gasteiger partial charge is 0.340 e. The van der Waals surface area contributed by atoms with Crippen LogP contribution < -0.4 is 10.6 Å². The van der Waals surface area contributed by atoms with Gasteiger partial charge in [-0.15, -0.1) is 0 Å². The van der Waals surface area contributed by atoms with Crippen LogP contribution in [0.1, 0.15) is 57.5 Å². The van der Waals surface area contributed by atoms with Crippen LogP contribution >= 0.6 is 11.6 Å². The summed E-state index contributed by atoms with van der Waals surface area (Å²) in [7, 11) is 0. The van der Waals surface area contributed by atoms with Crippen molar-refractivity contribution in [2.45, 2.75) is 32.6 Å². The molecule has 1 fully saturated rings. The molecule has 3 N–H and O–H groups in total. The minimum absolute atomic E-state index is 0.174. The van der Waals surface area contributed by atoms with Gasteiger partial charge in [0.1, 0.15) is 11.6 Å². The van der Waals surface area contributed by atoms with Crippen LogP contribution in [0.25, 0.3) is 22.6 Å². The second kappa shape index (κ2) is 16.4. The molecule has 0 saturated heterocycles. The molecule has 53 heavy (non-hydrogen) atoms. The average Bonchev–Trinajstić information content (AvgIpc) is 4.00. The lowest BCUT2D eigenvalue weighted by molar-refractivity contribution is 0.0527. The monoisotopic (exact) mass is 733 g/mol. The maximum absolute atomic E-state index is 13.9. The molecule has 0 spiro atoms. The van der Waals surface area contributed by atoms with Crippen molar-refractivity contribution >= 4 is 46.3 Å². The van der Waals surface area contributed by atoms with Crippen LogP contribution in [0.2, 0.25) is 5.02 Å². The first kappa shape index (κ1) is 36.6. The number of halogens is 3. The van der Waals surface area contributed by atoms with Gasteiger partial charge in [0, 0.05) is 5.56 Å². The molecule has 1 saturated carbocycles. The fourth-order valence-corrected chi connectivity index (χ4v) is 5.73. The quantitative estimate of drug-likeness (QED) is 0.118. The van der Waals surface area contributed by atoms with E-state index < -0.39 is 23.6 Å². The van der Waals surface area contributed by atoms with Crippen LogP contribution in [-0.2, 0) is 4.74 Å². The molecular formula is C41H34ClF2N5O4. The van der Waals surface area contributed by atoms with Crippen LogP contribution in [-0.4, -0.2) is 38.6 Å². The van der Waals surface area contributed by atoms with Crippen molar-refractivity contribution in [1.29, 1.82) is 0 Å². The molecule has 2 aromatic heterocycles. The normalized spacial score (nSPS) is 11.9. The number of benzene rings is 4. The number of carbonyl (C=O) groups is 2. The summed E-state index contributed by atoms with van der Waals surface area (Å²) in [6.07, 6.45) is 6.94. The van der Waals surface area contributed by atoms with Crippen molar-refractivity contribution in [3.8, 4) is 22.6 Å². The Bertz CT molecular complexity index is 2250. The third kappa shape index (κ3) is 9.00. The van der Waals surface area contributed by atoms with Gasteiger partial charge < -0.3 is 20.5 Å². The van der Waals surface area contributed by atoms with Crippen molar-refractivity contribution in [2.24, 2.45) is 0 Å². The first-order valence-corrected chi connectivity index (χ1v) is 17.2. The van der Waals surface area contributed by atoms with Gasteiger partial charge in [-0.3, -0.25) is 4.98 Å². The number of aromatic carboxylic acids is 1. The van der Waals surface area contributed by atoms with E-state index in [1.54, 1.807) is 55.7 Å². The second-order valence-electron chi connectivity index (χ2n) is 12.2. The molecule has 2 heterocycles. The van der Waals surface area contributed by atoms with E-state index in [2.05, 4.69) is 25.6 Å². The van der Waals surface area contributed by atoms with Crippen molar-refractivity contribution in [1.82, 2.24) is 15.0 Å². The highest BCUT2D eigenvalue weighted by Crippen LogP contribution is 2.41. The minimum atomic E-state index is -0.955. The van der Waals surface area contributed by atoms with E-state index >= 15 is 0 Å². The number of rotatable bonds is 10. The zero-order valence-corrected chi connectivity index (χ0v) is 29.5. The summed E-state index contributed by atoms with van der Waals surface area (Å²) < 4.78 is 32.9. The molecule has 7 rings (SSSR count). The van der Waals surface area contributed by atoms with E-state index in [1.807, 2.05) is 37.3 Å². The SMILES string of the molecule is CCOC(=O)c1cc(C)ccc1Nc1ccc(-c2c(F)cccc2F)nc1.O=C(O)c1cc(C2CC2)ccc1Nc1cnc(-c2ccccc2Cl)nc1. The number of carboxylic acids is 1. The van der Waals surface area contributed by atoms with E-state index in [-0.39, 0.29) is 23.4 Å². The van der Waals surface area contributed by atoms with Crippen molar-refractivity contribution in [3.63, 3.8) is 0 Å².